The molecule has 22 heavy (non-hydrogen) atoms. The first-order valence-electron chi connectivity index (χ1n) is 7.63. The molecule has 1 amide bonds. The molecule has 2 aromatic heterocycles. The molecule has 1 aliphatic rings. The highest BCUT2D eigenvalue weighted by Gasteiger charge is 2.23. The Morgan fingerprint density at radius 3 is 2.77 bits per heavy atom. The summed E-state index contributed by atoms with van der Waals surface area (Å²) in [6.07, 6.45) is 5.40. The van der Waals surface area contributed by atoms with Crippen molar-refractivity contribution in [1.82, 2.24) is 25.1 Å². The lowest BCUT2D eigenvalue weighted by Crippen LogP contribution is -2.25. The predicted octanol–water partition coefficient (Wildman–Crippen LogP) is 1.85. The van der Waals surface area contributed by atoms with Crippen LogP contribution in [0.1, 0.15) is 49.5 Å². The minimum Gasteiger partial charge on any atom is -0.340 e. The van der Waals surface area contributed by atoms with E-state index in [-0.39, 0.29) is 11.8 Å². The number of carbonyl (C=O) groups is 1. The van der Waals surface area contributed by atoms with Crippen molar-refractivity contribution in [3.8, 4) is 0 Å². The molecule has 1 N–H and O–H groups in total. The van der Waals surface area contributed by atoms with Gasteiger partial charge in [-0.25, -0.2) is 4.68 Å². The van der Waals surface area contributed by atoms with Crippen molar-refractivity contribution < 1.29 is 9.32 Å². The number of hydrogen-bond acceptors (Lipinski definition) is 6. The molecule has 8 nitrogen and oxygen atoms in total. The summed E-state index contributed by atoms with van der Waals surface area (Å²) in [5, 5.41) is 14.8. The fourth-order valence-electron chi connectivity index (χ4n) is 2.75. The topological polar surface area (TPSA) is 98.7 Å². The van der Waals surface area contributed by atoms with E-state index in [9.17, 15) is 4.79 Å². The van der Waals surface area contributed by atoms with Crippen molar-refractivity contribution in [3.05, 3.63) is 17.4 Å². The van der Waals surface area contributed by atoms with E-state index in [1.54, 1.807) is 11.6 Å². The van der Waals surface area contributed by atoms with Crippen molar-refractivity contribution in [3.63, 3.8) is 0 Å². The molecule has 2 aromatic rings. The van der Waals surface area contributed by atoms with Crippen molar-refractivity contribution >= 4 is 11.7 Å². The Morgan fingerprint density at radius 1 is 1.32 bits per heavy atom. The van der Waals surface area contributed by atoms with Crippen LogP contribution in [0.15, 0.2) is 4.52 Å². The zero-order valence-electron chi connectivity index (χ0n) is 12.9. The number of carbonyl (C=O) groups excluding carboxylic acids is 1. The van der Waals surface area contributed by atoms with E-state index in [2.05, 4.69) is 25.8 Å². The Hall–Kier alpha value is -2.25. The van der Waals surface area contributed by atoms with Gasteiger partial charge in [0, 0.05) is 12.8 Å². The highest BCUT2D eigenvalue weighted by Crippen LogP contribution is 2.25. The summed E-state index contributed by atoms with van der Waals surface area (Å²) < 4.78 is 6.59. The van der Waals surface area contributed by atoms with Crippen LogP contribution in [0.2, 0.25) is 0 Å². The molecule has 1 saturated carbocycles. The van der Waals surface area contributed by atoms with Crippen LogP contribution in [0, 0.1) is 19.8 Å². The Labute approximate surface area is 128 Å². The number of nitrogens with one attached hydrogen (secondary N) is 1. The van der Waals surface area contributed by atoms with E-state index in [4.69, 9.17) is 4.52 Å². The fraction of sp³-hybridized carbons (Fsp3) is 0.643. The third-order valence-corrected chi connectivity index (χ3v) is 4.06. The van der Waals surface area contributed by atoms with E-state index in [0.717, 1.165) is 31.4 Å². The maximum Gasteiger partial charge on any atom is 0.228 e. The monoisotopic (exact) mass is 304 g/mol. The van der Waals surface area contributed by atoms with Gasteiger partial charge in [-0.15, -0.1) is 5.10 Å². The van der Waals surface area contributed by atoms with Crippen LogP contribution in [0.25, 0.3) is 0 Å². The molecule has 1 aliphatic carbocycles. The number of hydrogen-bond donors (Lipinski definition) is 1. The molecular formula is C14H20N6O2. The molecule has 2 heterocycles. The lowest BCUT2D eigenvalue weighted by atomic mass is 9.89. The molecule has 0 bridgehead atoms. The van der Waals surface area contributed by atoms with E-state index < -0.39 is 0 Å². The first-order valence-corrected chi connectivity index (χ1v) is 7.63. The third kappa shape index (κ3) is 3.15. The average Bonchev–Trinajstić information content (AvgIpc) is 3.09. The first-order chi connectivity index (χ1) is 10.6. The standard InChI is InChI=1S/C14H20N6O2/c1-9-13(16-14(21)11-6-4-3-5-7-11)17-19-20(9)8-12-15-10(2)22-18-12/h11H,3-8H2,1-2H3,(H,16,21). The molecule has 118 valence electrons. The van der Waals surface area contributed by atoms with Gasteiger partial charge in [-0.2, -0.15) is 4.98 Å². The van der Waals surface area contributed by atoms with Gasteiger partial charge in [0.05, 0.1) is 5.69 Å². The summed E-state index contributed by atoms with van der Waals surface area (Å²) >= 11 is 0. The largest absolute Gasteiger partial charge is 0.340 e. The number of aryl methyl sites for hydroxylation is 1. The van der Waals surface area contributed by atoms with E-state index in [0.29, 0.717) is 24.1 Å². The number of anilines is 1. The minimum absolute atomic E-state index is 0.0465. The highest BCUT2D eigenvalue weighted by molar-refractivity contribution is 5.92. The van der Waals surface area contributed by atoms with E-state index in [1.165, 1.54) is 6.42 Å². The lowest BCUT2D eigenvalue weighted by molar-refractivity contribution is -0.120. The summed E-state index contributed by atoms with van der Waals surface area (Å²) in [5.41, 5.74) is 0.784. The van der Waals surface area contributed by atoms with Gasteiger partial charge in [0.1, 0.15) is 6.54 Å². The molecule has 0 saturated heterocycles. The molecule has 0 atom stereocenters. The van der Waals surface area contributed by atoms with Gasteiger partial charge in [0.25, 0.3) is 0 Å². The Morgan fingerprint density at radius 2 is 2.09 bits per heavy atom. The Bertz CT molecular complexity index is 656. The summed E-state index contributed by atoms with van der Waals surface area (Å²) in [6.45, 7) is 3.97. The molecule has 0 aliphatic heterocycles. The molecule has 0 aromatic carbocycles. The normalized spacial score (nSPS) is 15.9. The summed E-state index contributed by atoms with van der Waals surface area (Å²) in [4.78, 5) is 16.4. The third-order valence-electron chi connectivity index (χ3n) is 4.06. The van der Waals surface area contributed by atoms with Crippen LogP contribution in [-0.2, 0) is 11.3 Å². The fourth-order valence-corrected chi connectivity index (χ4v) is 2.75. The predicted molar refractivity (Wildman–Crippen MR) is 78.1 cm³/mol. The van der Waals surface area contributed by atoms with Gasteiger partial charge >= 0.3 is 0 Å². The van der Waals surface area contributed by atoms with Crippen LogP contribution in [0.4, 0.5) is 5.82 Å². The summed E-state index contributed by atoms with van der Waals surface area (Å²) in [6, 6.07) is 0. The van der Waals surface area contributed by atoms with Crippen molar-refractivity contribution in [2.24, 2.45) is 5.92 Å². The molecule has 8 heteroatoms. The van der Waals surface area contributed by atoms with Crippen molar-refractivity contribution in [1.29, 1.82) is 0 Å². The number of nitrogens with zero attached hydrogens (tertiary/aromatic N) is 5. The van der Waals surface area contributed by atoms with Gasteiger partial charge in [0.2, 0.25) is 11.8 Å². The zero-order chi connectivity index (χ0) is 15.5. The van der Waals surface area contributed by atoms with Gasteiger partial charge in [-0.05, 0) is 19.8 Å². The van der Waals surface area contributed by atoms with Crippen LogP contribution < -0.4 is 5.32 Å². The second-order valence-corrected chi connectivity index (χ2v) is 5.73. The van der Waals surface area contributed by atoms with Gasteiger partial charge in [0.15, 0.2) is 11.6 Å². The van der Waals surface area contributed by atoms with Gasteiger partial charge < -0.3 is 9.84 Å². The quantitative estimate of drug-likeness (QED) is 0.925. The number of aromatic nitrogens is 5. The molecule has 0 unspecified atom stereocenters. The maximum atomic E-state index is 12.3. The molecule has 0 radical (unpaired) electrons. The molecule has 1 fully saturated rings. The molecular weight excluding hydrogens is 284 g/mol. The maximum absolute atomic E-state index is 12.3. The molecule has 0 spiro atoms. The van der Waals surface area contributed by atoms with Crippen molar-refractivity contribution in [2.45, 2.75) is 52.5 Å². The second-order valence-electron chi connectivity index (χ2n) is 5.73. The van der Waals surface area contributed by atoms with Crippen molar-refractivity contribution in [2.75, 3.05) is 5.32 Å². The first kappa shape index (κ1) is 14.7. The second kappa shape index (κ2) is 6.25. The summed E-state index contributed by atoms with van der Waals surface area (Å²) in [7, 11) is 0. The Kier molecular flexibility index (Phi) is 4.17. The zero-order valence-corrected chi connectivity index (χ0v) is 12.9. The minimum atomic E-state index is 0.0465. The lowest BCUT2D eigenvalue weighted by Gasteiger charge is -2.20. The van der Waals surface area contributed by atoms with E-state index >= 15 is 0 Å². The van der Waals surface area contributed by atoms with Crippen LogP contribution >= 0.6 is 0 Å². The number of rotatable bonds is 4. The van der Waals surface area contributed by atoms with Gasteiger partial charge in [-0.1, -0.05) is 29.6 Å². The Balaban J connectivity index is 1.66. The van der Waals surface area contributed by atoms with Crippen LogP contribution in [0.5, 0.6) is 0 Å². The highest BCUT2D eigenvalue weighted by atomic mass is 16.5. The SMILES string of the molecule is Cc1nc(Cn2nnc(NC(=O)C3CCCCC3)c2C)no1. The van der Waals surface area contributed by atoms with Crippen LogP contribution in [0.3, 0.4) is 0 Å². The molecule has 3 rings (SSSR count). The van der Waals surface area contributed by atoms with Gasteiger partial charge in [-0.3, -0.25) is 4.79 Å². The average molecular weight is 304 g/mol. The smallest absolute Gasteiger partial charge is 0.228 e. The van der Waals surface area contributed by atoms with E-state index in [1.807, 2.05) is 6.92 Å². The number of amides is 1. The van der Waals surface area contributed by atoms with Crippen LogP contribution in [-0.4, -0.2) is 31.0 Å². The summed E-state index contributed by atoms with van der Waals surface area (Å²) in [5.74, 6) is 1.70.